The van der Waals surface area contributed by atoms with Crippen LogP contribution < -0.4 is 4.90 Å². The van der Waals surface area contributed by atoms with Gasteiger partial charge in [0.2, 0.25) is 0 Å². The third-order valence-electron chi connectivity index (χ3n) is 5.65. The molecule has 1 saturated heterocycles. The first-order chi connectivity index (χ1) is 14.8. The first-order valence-corrected chi connectivity index (χ1v) is 12.1. The van der Waals surface area contributed by atoms with Gasteiger partial charge in [0.25, 0.3) is 11.8 Å². The Hall–Kier alpha value is -2.28. The summed E-state index contributed by atoms with van der Waals surface area (Å²) in [4.78, 5) is 30.8. The van der Waals surface area contributed by atoms with E-state index < -0.39 is 4.87 Å². The van der Waals surface area contributed by atoms with Crippen molar-refractivity contribution in [1.29, 1.82) is 0 Å². The maximum atomic E-state index is 14.1. The molecule has 0 radical (unpaired) electrons. The molecule has 1 atom stereocenters. The van der Waals surface area contributed by atoms with E-state index in [1.807, 2.05) is 60.0 Å². The first kappa shape index (κ1) is 20.6. The molecule has 0 unspecified atom stereocenters. The molecule has 2 amide bonds. The monoisotopic (exact) mass is 468 g/mol. The van der Waals surface area contributed by atoms with Crippen molar-refractivity contribution >= 4 is 52.2 Å². The molecule has 2 aliphatic rings. The van der Waals surface area contributed by atoms with Gasteiger partial charge in [-0.15, -0.1) is 23.1 Å². The molecule has 0 saturated carbocycles. The first-order valence-electron chi connectivity index (χ1n) is 10.0. The van der Waals surface area contributed by atoms with Gasteiger partial charge in [0.05, 0.1) is 17.1 Å². The van der Waals surface area contributed by atoms with Crippen LogP contribution in [0.3, 0.4) is 0 Å². The number of thiophene rings is 1. The van der Waals surface area contributed by atoms with Crippen LogP contribution in [0.15, 0.2) is 66.0 Å². The van der Waals surface area contributed by atoms with Crippen molar-refractivity contribution in [2.75, 3.05) is 11.4 Å². The van der Waals surface area contributed by atoms with Crippen LogP contribution in [-0.2, 0) is 16.2 Å². The Balaban J connectivity index is 1.67. The lowest BCUT2D eigenvalue weighted by Gasteiger charge is -2.33. The number of anilines is 1. The van der Waals surface area contributed by atoms with Crippen molar-refractivity contribution in [2.45, 2.75) is 30.0 Å². The number of amides is 2. The number of halogens is 1. The zero-order valence-corrected chi connectivity index (χ0v) is 19.6. The van der Waals surface area contributed by atoms with E-state index in [-0.39, 0.29) is 16.6 Å². The van der Waals surface area contributed by atoms with E-state index in [9.17, 15) is 9.59 Å². The number of benzene rings is 2. The average Bonchev–Trinajstić information content (AvgIpc) is 3.43. The van der Waals surface area contributed by atoms with Gasteiger partial charge < -0.3 is 9.80 Å². The molecule has 7 heteroatoms. The molecule has 0 bridgehead atoms. The van der Waals surface area contributed by atoms with Crippen LogP contribution in [0, 0.1) is 0 Å². The van der Waals surface area contributed by atoms with Crippen molar-refractivity contribution in [1.82, 2.24) is 4.90 Å². The molecule has 3 aromatic rings. The molecule has 31 heavy (non-hydrogen) atoms. The smallest absolute Gasteiger partial charge is 0.268 e. The summed E-state index contributed by atoms with van der Waals surface area (Å²) in [6.07, 6.45) is 0. The third kappa shape index (κ3) is 3.28. The van der Waals surface area contributed by atoms with Gasteiger partial charge >= 0.3 is 0 Å². The highest BCUT2D eigenvalue weighted by molar-refractivity contribution is 8.02. The summed E-state index contributed by atoms with van der Waals surface area (Å²) in [5.74, 6) is -0.206. The zero-order chi connectivity index (χ0) is 21.8. The predicted octanol–water partition coefficient (Wildman–Crippen LogP) is 5.77. The van der Waals surface area contributed by atoms with Gasteiger partial charge in [0, 0.05) is 21.9 Å². The molecule has 0 aliphatic carbocycles. The average molecular weight is 469 g/mol. The molecule has 0 N–H and O–H groups in total. The lowest BCUT2D eigenvalue weighted by Crippen LogP contribution is -2.50. The summed E-state index contributed by atoms with van der Waals surface area (Å²) in [7, 11) is 0. The number of hydrogen-bond acceptors (Lipinski definition) is 4. The summed E-state index contributed by atoms with van der Waals surface area (Å²) in [5, 5.41) is 2.44. The molecular formula is C24H21ClN2O2S2. The van der Waals surface area contributed by atoms with E-state index in [0.29, 0.717) is 23.0 Å². The van der Waals surface area contributed by atoms with Crippen molar-refractivity contribution in [3.05, 3.63) is 87.1 Å². The van der Waals surface area contributed by atoms with Crippen LogP contribution in [-0.4, -0.2) is 28.0 Å². The predicted molar refractivity (Wildman–Crippen MR) is 128 cm³/mol. The highest BCUT2D eigenvalue weighted by Crippen LogP contribution is 2.60. The Morgan fingerprint density at radius 3 is 2.58 bits per heavy atom. The number of carbonyl (C=O) groups excluding carboxylic acids is 2. The molecule has 158 valence electrons. The Morgan fingerprint density at radius 1 is 1.10 bits per heavy atom. The lowest BCUT2D eigenvalue weighted by atomic mass is 10.0. The number of carbonyl (C=O) groups is 2. The Morgan fingerprint density at radius 2 is 1.87 bits per heavy atom. The lowest BCUT2D eigenvalue weighted by molar-refractivity contribution is -0.123. The van der Waals surface area contributed by atoms with Crippen molar-refractivity contribution in [2.24, 2.45) is 0 Å². The van der Waals surface area contributed by atoms with Gasteiger partial charge in [-0.1, -0.05) is 48.0 Å². The largest absolute Gasteiger partial charge is 0.309 e. The van der Waals surface area contributed by atoms with Gasteiger partial charge in [0.15, 0.2) is 4.87 Å². The molecular weight excluding hydrogens is 448 g/mol. The summed E-state index contributed by atoms with van der Waals surface area (Å²) in [6, 6.07) is 19.1. The summed E-state index contributed by atoms with van der Waals surface area (Å²) >= 11 is 9.34. The molecule has 2 aromatic carbocycles. The summed E-state index contributed by atoms with van der Waals surface area (Å²) in [6.45, 7) is 5.08. The Bertz CT molecular complexity index is 1160. The maximum Gasteiger partial charge on any atom is 0.268 e. The number of hydrogen-bond donors (Lipinski definition) is 0. The van der Waals surface area contributed by atoms with Crippen LogP contribution >= 0.6 is 34.7 Å². The number of thioether (sulfide) groups is 1. The minimum Gasteiger partial charge on any atom is -0.309 e. The molecule has 1 aromatic heterocycles. The van der Waals surface area contributed by atoms with Gasteiger partial charge in [-0.2, -0.15) is 0 Å². The molecule has 1 spiro atoms. The van der Waals surface area contributed by atoms with Crippen LogP contribution in [0.4, 0.5) is 5.69 Å². The van der Waals surface area contributed by atoms with Gasteiger partial charge in [-0.25, -0.2) is 0 Å². The zero-order valence-electron chi connectivity index (χ0n) is 17.2. The third-order valence-corrected chi connectivity index (χ3v) is 8.34. The number of nitrogens with zero attached hydrogens (tertiary/aromatic N) is 2. The fourth-order valence-electron chi connectivity index (χ4n) is 4.43. The van der Waals surface area contributed by atoms with E-state index in [1.165, 1.54) is 11.3 Å². The number of rotatable bonds is 3. The standard InChI is InChI=1S/C24H21ClN2O2S2/c1-23(2)15-27(21(28)20-9-6-12-30-20)24(31-23)18-13-17(25)10-11-19(18)26(22(24)29)14-16-7-4-3-5-8-16/h3-13H,14-15H2,1-2H3/t24-/m0/s1. The minimum atomic E-state index is -1.13. The molecule has 4 nitrogen and oxygen atoms in total. The van der Waals surface area contributed by atoms with Crippen LogP contribution in [0.2, 0.25) is 5.02 Å². The van der Waals surface area contributed by atoms with E-state index >= 15 is 0 Å². The highest BCUT2D eigenvalue weighted by atomic mass is 35.5. The topological polar surface area (TPSA) is 40.6 Å². The minimum absolute atomic E-state index is 0.0888. The molecule has 5 rings (SSSR count). The van der Waals surface area contributed by atoms with Crippen LogP contribution in [0.25, 0.3) is 0 Å². The van der Waals surface area contributed by atoms with E-state index in [4.69, 9.17) is 11.6 Å². The van der Waals surface area contributed by atoms with Gasteiger partial charge in [0.1, 0.15) is 0 Å². The SMILES string of the molecule is CC1(C)CN(C(=O)c2cccs2)[C@@]2(S1)C(=O)N(Cc1ccccc1)c1ccc(Cl)cc12. The number of fused-ring (bicyclic) bond motifs is 2. The van der Waals surface area contributed by atoms with Crippen molar-refractivity contribution in [3.8, 4) is 0 Å². The van der Waals surface area contributed by atoms with Crippen molar-refractivity contribution < 1.29 is 9.59 Å². The molecule has 2 aliphatic heterocycles. The fraction of sp³-hybridized carbons (Fsp3) is 0.250. The Labute approximate surface area is 194 Å². The second-order valence-electron chi connectivity index (χ2n) is 8.41. The fourth-order valence-corrected chi connectivity index (χ4v) is 7.00. The van der Waals surface area contributed by atoms with Gasteiger partial charge in [-0.3, -0.25) is 9.59 Å². The van der Waals surface area contributed by atoms with Crippen LogP contribution in [0.5, 0.6) is 0 Å². The van der Waals surface area contributed by atoms with Crippen LogP contribution in [0.1, 0.15) is 34.6 Å². The molecule has 1 fully saturated rings. The second kappa shape index (κ2) is 7.40. The normalized spacial score (nSPS) is 21.7. The van der Waals surface area contributed by atoms with Crippen molar-refractivity contribution in [3.63, 3.8) is 0 Å². The maximum absolute atomic E-state index is 14.1. The summed E-state index contributed by atoms with van der Waals surface area (Å²) in [5.41, 5.74) is 2.64. The van der Waals surface area contributed by atoms with E-state index in [2.05, 4.69) is 13.8 Å². The van der Waals surface area contributed by atoms with Gasteiger partial charge in [-0.05, 0) is 49.1 Å². The van der Waals surface area contributed by atoms with E-state index in [1.54, 1.807) is 27.6 Å². The van der Waals surface area contributed by atoms with E-state index in [0.717, 1.165) is 16.8 Å². The quantitative estimate of drug-likeness (QED) is 0.490. The summed E-state index contributed by atoms with van der Waals surface area (Å²) < 4.78 is -0.287. The second-order valence-corrected chi connectivity index (χ2v) is 11.7. The molecule has 3 heterocycles. The highest BCUT2D eigenvalue weighted by Gasteiger charge is 2.63. The Kier molecular flexibility index (Phi) is 4.92.